The maximum absolute atomic E-state index is 6.89. The normalized spacial score (nSPS) is 21.7. The quantitative estimate of drug-likeness (QED) is 0.694. The summed E-state index contributed by atoms with van der Waals surface area (Å²) in [6, 6.07) is 7.89. The van der Waals surface area contributed by atoms with Crippen LogP contribution in [0.15, 0.2) is 24.3 Å². The number of hydrogen-bond donors (Lipinski definition) is 1. The zero-order valence-corrected chi connectivity index (χ0v) is 8.53. The van der Waals surface area contributed by atoms with E-state index in [0.717, 1.165) is 18.8 Å². The molecular formula is C12H13N3. The minimum Gasteiger partial charge on any atom is -0.370 e. The summed E-state index contributed by atoms with van der Waals surface area (Å²) in [6.45, 7) is 11.6. The van der Waals surface area contributed by atoms with Crippen molar-refractivity contribution in [3.8, 4) is 0 Å². The van der Waals surface area contributed by atoms with Gasteiger partial charge in [-0.25, -0.2) is 4.85 Å². The number of hydrogen-bond acceptors (Lipinski definition) is 2. The van der Waals surface area contributed by atoms with Crippen LogP contribution in [0.5, 0.6) is 0 Å². The first-order chi connectivity index (χ1) is 7.31. The number of rotatable bonds is 1. The molecule has 0 unspecified atom stereocenters. The van der Waals surface area contributed by atoms with Crippen molar-refractivity contribution in [3.05, 3.63) is 35.7 Å². The van der Waals surface area contributed by atoms with Crippen molar-refractivity contribution in [1.29, 1.82) is 0 Å². The Kier molecular flexibility index (Phi) is 1.74. The highest BCUT2D eigenvalue weighted by Gasteiger charge is 2.47. The molecule has 15 heavy (non-hydrogen) atoms. The van der Waals surface area contributed by atoms with E-state index in [-0.39, 0.29) is 0 Å². The highest BCUT2D eigenvalue weighted by molar-refractivity contribution is 5.57. The zero-order valence-electron chi connectivity index (χ0n) is 8.53. The largest absolute Gasteiger partial charge is 0.370 e. The Morgan fingerprint density at radius 3 is 2.33 bits per heavy atom. The number of benzene rings is 1. The highest BCUT2D eigenvalue weighted by atomic mass is 15.3. The molecule has 2 fully saturated rings. The van der Waals surface area contributed by atoms with Crippen LogP contribution in [0.2, 0.25) is 0 Å². The summed E-state index contributed by atoms with van der Waals surface area (Å²) in [5.41, 5.74) is 2.54. The molecule has 3 nitrogen and oxygen atoms in total. The zero-order chi connectivity index (χ0) is 10.3. The maximum Gasteiger partial charge on any atom is 0.187 e. The van der Waals surface area contributed by atoms with Gasteiger partial charge < -0.3 is 10.2 Å². The molecule has 1 N–H and O–H groups in total. The van der Waals surface area contributed by atoms with Gasteiger partial charge in [0.2, 0.25) is 0 Å². The molecule has 3 heteroatoms. The SMILES string of the molecule is [C-]#[N+]c1ccc(N2CC3(CNC3)C2)cc1. The Bertz CT molecular complexity index is 403. The van der Waals surface area contributed by atoms with E-state index in [1.54, 1.807) is 0 Å². The van der Waals surface area contributed by atoms with E-state index in [1.807, 2.05) is 24.3 Å². The molecule has 2 aliphatic rings. The predicted molar refractivity (Wildman–Crippen MR) is 60.2 cm³/mol. The van der Waals surface area contributed by atoms with E-state index >= 15 is 0 Å². The van der Waals surface area contributed by atoms with Crippen LogP contribution in [0.4, 0.5) is 11.4 Å². The minimum atomic E-state index is 0.568. The van der Waals surface area contributed by atoms with Crippen LogP contribution in [0, 0.1) is 12.0 Å². The monoisotopic (exact) mass is 199 g/mol. The Morgan fingerprint density at radius 1 is 1.20 bits per heavy atom. The number of nitrogens with zero attached hydrogens (tertiary/aromatic N) is 2. The van der Waals surface area contributed by atoms with Crippen molar-refractivity contribution >= 4 is 11.4 Å². The van der Waals surface area contributed by atoms with Gasteiger partial charge in [-0.2, -0.15) is 0 Å². The van der Waals surface area contributed by atoms with Gasteiger partial charge in [0.25, 0.3) is 0 Å². The lowest BCUT2D eigenvalue weighted by atomic mass is 9.74. The second kappa shape index (κ2) is 2.98. The van der Waals surface area contributed by atoms with Gasteiger partial charge in [-0.05, 0) is 12.1 Å². The van der Waals surface area contributed by atoms with Gasteiger partial charge in [-0.3, -0.25) is 0 Å². The summed E-state index contributed by atoms with van der Waals surface area (Å²) in [5, 5.41) is 3.33. The fraction of sp³-hybridized carbons (Fsp3) is 0.417. The molecule has 2 saturated heterocycles. The van der Waals surface area contributed by atoms with Crippen LogP contribution >= 0.6 is 0 Å². The van der Waals surface area contributed by atoms with E-state index in [0.29, 0.717) is 5.41 Å². The smallest absolute Gasteiger partial charge is 0.187 e. The van der Waals surface area contributed by atoms with Crippen molar-refractivity contribution < 1.29 is 0 Å². The highest BCUT2D eigenvalue weighted by Crippen LogP contribution is 2.37. The lowest BCUT2D eigenvalue weighted by Crippen LogP contribution is -2.71. The van der Waals surface area contributed by atoms with Crippen molar-refractivity contribution in [2.24, 2.45) is 5.41 Å². The Morgan fingerprint density at radius 2 is 1.87 bits per heavy atom. The molecule has 1 aromatic rings. The standard InChI is InChI=1S/C12H13N3/c1-13-10-2-4-11(5-3-10)15-8-12(9-15)6-14-7-12/h2-5,14H,6-9H2. The van der Waals surface area contributed by atoms with E-state index in [9.17, 15) is 0 Å². The minimum absolute atomic E-state index is 0.568. The summed E-state index contributed by atoms with van der Waals surface area (Å²) in [7, 11) is 0. The average molecular weight is 199 g/mol. The molecule has 1 aromatic carbocycles. The van der Waals surface area contributed by atoms with Gasteiger partial charge in [0.15, 0.2) is 5.69 Å². The van der Waals surface area contributed by atoms with Gasteiger partial charge in [0, 0.05) is 37.3 Å². The Hall–Kier alpha value is -1.53. The van der Waals surface area contributed by atoms with Gasteiger partial charge >= 0.3 is 0 Å². The average Bonchev–Trinajstić information content (AvgIpc) is 2.14. The summed E-state index contributed by atoms with van der Waals surface area (Å²) < 4.78 is 0. The van der Waals surface area contributed by atoms with E-state index < -0.39 is 0 Å². The number of anilines is 1. The molecule has 0 amide bonds. The second-order valence-corrected chi connectivity index (χ2v) is 4.59. The van der Waals surface area contributed by atoms with Gasteiger partial charge in [0.1, 0.15) is 0 Å². The summed E-state index contributed by atoms with van der Waals surface area (Å²) >= 11 is 0. The van der Waals surface area contributed by atoms with Gasteiger partial charge in [-0.1, -0.05) is 12.1 Å². The Labute approximate surface area is 89.5 Å². The van der Waals surface area contributed by atoms with Crippen molar-refractivity contribution in [2.75, 3.05) is 31.1 Å². The third-order valence-electron chi connectivity index (χ3n) is 3.40. The lowest BCUT2D eigenvalue weighted by Gasteiger charge is -2.57. The third-order valence-corrected chi connectivity index (χ3v) is 3.40. The van der Waals surface area contributed by atoms with Crippen LogP contribution < -0.4 is 10.2 Å². The van der Waals surface area contributed by atoms with E-state index in [4.69, 9.17) is 6.57 Å². The fourth-order valence-electron chi connectivity index (χ4n) is 2.39. The molecule has 1 spiro atoms. The first-order valence-corrected chi connectivity index (χ1v) is 5.25. The molecule has 3 rings (SSSR count). The molecule has 0 saturated carbocycles. The second-order valence-electron chi connectivity index (χ2n) is 4.59. The summed E-state index contributed by atoms with van der Waals surface area (Å²) in [5.74, 6) is 0. The van der Waals surface area contributed by atoms with Gasteiger partial charge in [-0.15, -0.1) is 0 Å². The molecular weight excluding hydrogens is 186 g/mol. The molecule has 2 aliphatic heterocycles. The molecule has 0 radical (unpaired) electrons. The first kappa shape index (κ1) is 8.75. The van der Waals surface area contributed by atoms with Crippen molar-refractivity contribution in [2.45, 2.75) is 0 Å². The van der Waals surface area contributed by atoms with E-state index in [1.165, 1.54) is 18.8 Å². The maximum atomic E-state index is 6.89. The Balaban J connectivity index is 1.70. The van der Waals surface area contributed by atoms with Gasteiger partial charge in [0.05, 0.1) is 6.57 Å². The molecule has 0 bridgehead atoms. The van der Waals surface area contributed by atoms with Crippen molar-refractivity contribution in [3.63, 3.8) is 0 Å². The number of nitrogens with one attached hydrogen (secondary N) is 1. The van der Waals surface area contributed by atoms with Crippen LogP contribution in [-0.2, 0) is 0 Å². The lowest BCUT2D eigenvalue weighted by molar-refractivity contribution is 0.121. The van der Waals surface area contributed by atoms with Crippen LogP contribution in [-0.4, -0.2) is 26.2 Å². The summed E-state index contributed by atoms with van der Waals surface area (Å²) in [4.78, 5) is 5.78. The topological polar surface area (TPSA) is 19.6 Å². The van der Waals surface area contributed by atoms with E-state index in [2.05, 4.69) is 15.1 Å². The van der Waals surface area contributed by atoms with Crippen LogP contribution in [0.1, 0.15) is 0 Å². The molecule has 0 aromatic heterocycles. The third kappa shape index (κ3) is 1.30. The van der Waals surface area contributed by atoms with Crippen LogP contribution in [0.3, 0.4) is 0 Å². The van der Waals surface area contributed by atoms with Crippen molar-refractivity contribution in [1.82, 2.24) is 5.32 Å². The molecule has 2 heterocycles. The first-order valence-electron chi connectivity index (χ1n) is 5.25. The molecule has 76 valence electrons. The molecule has 0 atom stereocenters. The predicted octanol–water partition coefficient (Wildman–Crippen LogP) is 1.65. The van der Waals surface area contributed by atoms with Crippen LogP contribution in [0.25, 0.3) is 4.85 Å². The summed E-state index contributed by atoms with van der Waals surface area (Å²) in [6.07, 6.45) is 0. The fourth-order valence-corrected chi connectivity index (χ4v) is 2.39. The molecule has 0 aliphatic carbocycles.